The topological polar surface area (TPSA) is 38.9 Å². The molecule has 104 valence electrons. The van der Waals surface area contributed by atoms with E-state index in [0.29, 0.717) is 5.92 Å². The minimum absolute atomic E-state index is 0.0365. The fourth-order valence-corrected chi connectivity index (χ4v) is 3.10. The van der Waals surface area contributed by atoms with Crippen molar-refractivity contribution in [1.82, 2.24) is 4.98 Å². The van der Waals surface area contributed by atoms with Gasteiger partial charge in [0.1, 0.15) is 5.82 Å². The Hall–Kier alpha value is -1.74. The Morgan fingerprint density at radius 3 is 2.85 bits per heavy atom. The van der Waals surface area contributed by atoms with E-state index in [1.807, 2.05) is 24.4 Å². The first-order chi connectivity index (χ1) is 9.74. The summed E-state index contributed by atoms with van der Waals surface area (Å²) in [5, 5.41) is 0. The van der Waals surface area contributed by atoms with E-state index in [9.17, 15) is 4.39 Å². The van der Waals surface area contributed by atoms with Crippen molar-refractivity contribution in [2.45, 2.75) is 37.6 Å². The van der Waals surface area contributed by atoms with E-state index in [0.717, 1.165) is 30.5 Å². The summed E-state index contributed by atoms with van der Waals surface area (Å²) in [5.41, 5.74) is 9.98. The number of pyridine rings is 1. The quantitative estimate of drug-likeness (QED) is 0.930. The Balaban J connectivity index is 1.78. The normalized spacial score (nSPS) is 19.4. The average molecular weight is 270 g/mol. The number of hydrogen-bond donors (Lipinski definition) is 1. The van der Waals surface area contributed by atoms with Gasteiger partial charge in [-0.25, -0.2) is 4.39 Å². The number of fused-ring (bicyclic) bond motifs is 1. The largest absolute Gasteiger partial charge is 0.327 e. The summed E-state index contributed by atoms with van der Waals surface area (Å²) in [6, 6.07) is 10.8. The molecule has 1 heterocycles. The maximum atomic E-state index is 12.9. The number of benzene rings is 1. The molecule has 2 nitrogen and oxygen atoms in total. The molecule has 1 aliphatic rings. The first kappa shape index (κ1) is 13.3. The number of nitrogens with two attached hydrogens (primary N) is 1. The van der Waals surface area contributed by atoms with E-state index in [2.05, 4.69) is 11.1 Å². The van der Waals surface area contributed by atoms with Crippen molar-refractivity contribution in [1.29, 1.82) is 0 Å². The van der Waals surface area contributed by atoms with Gasteiger partial charge in [0.2, 0.25) is 0 Å². The summed E-state index contributed by atoms with van der Waals surface area (Å²) >= 11 is 0. The van der Waals surface area contributed by atoms with Crippen LogP contribution in [-0.4, -0.2) is 11.0 Å². The highest BCUT2D eigenvalue weighted by Crippen LogP contribution is 2.32. The number of aryl methyl sites for hydroxylation is 1. The van der Waals surface area contributed by atoms with Crippen LogP contribution in [0.5, 0.6) is 0 Å². The Kier molecular flexibility index (Phi) is 3.79. The molecule has 0 saturated carbocycles. The molecule has 0 bridgehead atoms. The second-order valence-corrected chi connectivity index (χ2v) is 5.54. The summed E-state index contributed by atoms with van der Waals surface area (Å²) in [6.07, 6.45) is 5.97. The van der Waals surface area contributed by atoms with Crippen LogP contribution in [-0.2, 0) is 12.8 Å². The van der Waals surface area contributed by atoms with E-state index >= 15 is 0 Å². The number of aromatic nitrogens is 1. The van der Waals surface area contributed by atoms with Crippen LogP contribution >= 0.6 is 0 Å². The van der Waals surface area contributed by atoms with Crippen molar-refractivity contribution < 1.29 is 4.39 Å². The minimum atomic E-state index is -0.202. The Bertz CT molecular complexity index is 580. The lowest BCUT2D eigenvalue weighted by molar-refractivity contribution is 0.449. The van der Waals surface area contributed by atoms with Gasteiger partial charge in [-0.2, -0.15) is 0 Å². The van der Waals surface area contributed by atoms with Gasteiger partial charge in [0, 0.05) is 23.9 Å². The maximum absolute atomic E-state index is 12.9. The van der Waals surface area contributed by atoms with Crippen LogP contribution in [0.4, 0.5) is 4.39 Å². The SMILES string of the molecule is NC(Cc1ccc(F)cc1)C1CCCc2cccnc21. The summed E-state index contributed by atoms with van der Waals surface area (Å²) in [7, 11) is 0. The van der Waals surface area contributed by atoms with Crippen LogP contribution in [0.15, 0.2) is 42.6 Å². The van der Waals surface area contributed by atoms with Gasteiger partial charge in [-0.05, 0) is 55.0 Å². The Morgan fingerprint density at radius 2 is 2.05 bits per heavy atom. The molecule has 2 aromatic rings. The molecule has 3 heteroatoms. The second kappa shape index (κ2) is 5.71. The molecule has 0 fully saturated rings. The number of rotatable bonds is 3. The molecule has 2 N–H and O–H groups in total. The highest BCUT2D eigenvalue weighted by atomic mass is 19.1. The average Bonchev–Trinajstić information content (AvgIpc) is 2.49. The first-order valence-electron chi connectivity index (χ1n) is 7.18. The van der Waals surface area contributed by atoms with Gasteiger partial charge in [-0.15, -0.1) is 0 Å². The van der Waals surface area contributed by atoms with Crippen LogP contribution in [0.1, 0.15) is 35.6 Å². The molecule has 0 aliphatic heterocycles. The van der Waals surface area contributed by atoms with E-state index in [1.165, 1.54) is 24.1 Å². The molecule has 1 aromatic carbocycles. The van der Waals surface area contributed by atoms with Gasteiger partial charge in [0.15, 0.2) is 0 Å². The Morgan fingerprint density at radius 1 is 1.25 bits per heavy atom. The second-order valence-electron chi connectivity index (χ2n) is 5.54. The lowest BCUT2D eigenvalue weighted by atomic mass is 9.80. The lowest BCUT2D eigenvalue weighted by Crippen LogP contribution is -2.33. The van der Waals surface area contributed by atoms with Crippen molar-refractivity contribution in [2.75, 3.05) is 0 Å². The third-order valence-corrected chi connectivity index (χ3v) is 4.14. The molecule has 0 saturated heterocycles. The highest BCUT2D eigenvalue weighted by molar-refractivity contribution is 5.28. The van der Waals surface area contributed by atoms with E-state index in [1.54, 1.807) is 0 Å². The highest BCUT2D eigenvalue weighted by Gasteiger charge is 2.26. The van der Waals surface area contributed by atoms with Gasteiger partial charge in [-0.3, -0.25) is 4.98 Å². The van der Waals surface area contributed by atoms with Crippen LogP contribution in [0.2, 0.25) is 0 Å². The third-order valence-electron chi connectivity index (χ3n) is 4.14. The maximum Gasteiger partial charge on any atom is 0.123 e. The molecule has 3 rings (SSSR count). The molecule has 0 spiro atoms. The molecule has 0 amide bonds. The van der Waals surface area contributed by atoms with Crippen LogP contribution in [0.3, 0.4) is 0 Å². The zero-order valence-electron chi connectivity index (χ0n) is 11.4. The van der Waals surface area contributed by atoms with Gasteiger partial charge < -0.3 is 5.73 Å². The van der Waals surface area contributed by atoms with Crippen molar-refractivity contribution in [3.63, 3.8) is 0 Å². The van der Waals surface area contributed by atoms with Crippen LogP contribution < -0.4 is 5.73 Å². The van der Waals surface area contributed by atoms with Gasteiger partial charge >= 0.3 is 0 Å². The monoisotopic (exact) mass is 270 g/mol. The standard InChI is InChI=1S/C17H19FN2/c18-14-8-6-12(7-9-14)11-16(19)15-5-1-3-13-4-2-10-20-17(13)15/h2,4,6-10,15-16H,1,3,5,11,19H2. The van der Waals surface area contributed by atoms with E-state index < -0.39 is 0 Å². The smallest absolute Gasteiger partial charge is 0.123 e. The predicted molar refractivity (Wildman–Crippen MR) is 78.0 cm³/mol. The van der Waals surface area contributed by atoms with Crippen LogP contribution in [0, 0.1) is 5.82 Å². The van der Waals surface area contributed by atoms with Crippen molar-refractivity contribution >= 4 is 0 Å². The minimum Gasteiger partial charge on any atom is -0.327 e. The molecule has 1 aromatic heterocycles. The van der Waals surface area contributed by atoms with E-state index in [4.69, 9.17) is 5.73 Å². The zero-order chi connectivity index (χ0) is 13.9. The molecule has 2 atom stereocenters. The predicted octanol–water partition coefficient (Wildman–Crippen LogP) is 3.21. The number of hydrogen-bond acceptors (Lipinski definition) is 2. The van der Waals surface area contributed by atoms with E-state index in [-0.39, 0.29) is 11.9 Å². The summed E-state index contributed by atoms with van der Waals surface area (Å²) in [5.74, 6) is 0.108. The summed E-state index contributed by atoms with van der Waals surface area (Å²) in [4.78, 5) is 4.54. The molecule has 20 heavy (non-hydrogen) atoms. The molecular weight excluding hydrogens is 251 g/mol. The fourth-order valence-electron chi connectivity index (χ4n) is 3.10. The first-order valence-corrected chi connectivity index (χ1v) is 7.18. The fraction of sp³-hybridized carbons (Fsp3) is 0.353. The molecule has 0 radical (unpaired) electrons. The van der Waals surface area contributed by atoms with Gasteiger partial charge in [-0.1, -0.05) is 18.2 Å². The Labute approximate surface area is 118 Å². The lowest BCUT2D eigenvalue weighted by Gasteiger charge is -2.29. The third kappa shape index (κ3) is 2.73. The number of halogens is 1. The van der Waals surface area contributed by atoms with Crippen molar-refractivity contribution in [3.8, 4) is 0 Å². The molecular formula is C17H19FN2. The summed E-state index contributed by atoms with van der Waals surface area (Å²) in [6.45, 7) is 0. The molecule has 2 unspecified atom stereocenters. The van der Waals surface area contributed by atoms with Crippen molar-refractivity contribution in [2.24, 2.45) is 5.73 Å². The van der Waals surface area contributed by atoms with Gasteiger partial charge in [0.05, 0.1) is 0 Å². The van der Waals surface area contributed by atoms with Crippen LogP contribution in [0.25, 0.3) is 0 Å². The van der Waals surface area contributed by atoms with Gasteiger partial charge in [0.25, 0.3) is 0 Å². The van der Waals surface area contributed by atoms with Crippen molar-refractivity contribution in [3.05, 3.63) is 65.2 Å². The molecule has 1 aliphatic carbocycles. The number of nitrogens with zero attached hydrogens (tertiary/aromatic N) is 1. The zero-order valence-corrected chi connectivity index (χ0v) is 11.4. The summed E-state index contributed by atoms with van der Waals surface area (Å²) < 4.78 is 12.9.